The minimum Gasteiger partial charge on any atom is -0.444 e. The molecule has 0 spiro atoms. The lowest BCUT2D eigenvalue weighted by atomic mass is 9.98. The summed E-state index contributed by atoms with van der Waals surface area (Å²) in [4.78, 5) is 41.6. The highest BCUT2D eigenvalue weighted by Crippen LogP contribution is 2.26. The van der Waals surface area contributed by atoms with E-state index >= 15 is 0 Å². The number of nitrogens with one attached hydrogen (secondary N) is 2. The number of anilines is 1. The highest BCUT2D eigenvalue weighted by Gasteiger charge is 2.34. The molecule has 0 heterocycles. The molecular formula is C32H41N3O4. The van der Waals surface area contributed by atoms with Gasteiger partial charge >= 0.3 is 6.09 Å². The Morgan fingerprint density at radius 2 is 1.56 bits per heavy atom. The van der Waals surface area contributed by atoms with Crippen molar-refractivity contribution in [3.05, 3.63) is 77.9 Å². The van der Waals surface area contributed by atoms with Gasteiger partial charge in [0.15, 0.2) is 0 Å². The van der Waals surface area contributed by atoms with E-state index in [2.05, 4.69) is 17.6 Å². The second kappa shape index (κ2) is 12.8. The number of carbonyl (C=O) groups is 3. The molecule has 7 nitrogen and oxygen atoms in total. The van der Waals surface area contributed by atoms with Crippen LogP contribution in [0.5, 0.6) is 0 Å². The van der Waals surface area contributed by atoms with Gasteiger partial charge in [-0.05, 0) is 73.6 Å². The zero-order chi connectivity index (χ0) is 28.7. The van der Waals surface area contributed by atoms with E-state index in [0.29, 0.717) is 17.7 Å². The summed E-state index contributed by atoms with van der Waals surface area (Å²) in [5, 5.41) is 7.81. The summed E-state index contributed by atoms with van der Waals surface area (Å²) in [7, 11) is 1.60. The molecule has 7 heteroatoms. The van der Waals surface area contributed by atoms with Crippen LogP contribution in [0.15, 0.2) is 66.7 Å². The Bertz CT molecular complexity index is 1290. The number of amides is 3. The fourth-order valence-electron chi connectivity index (χ4n) is 4.48. The van der Waals surface area contributed by atoms with E-state index in [0.717, 1.165) is 22.8 Å². The first kappa shape index (κ1) is 29.7. The Balaban J connectivity index is 1.92. The molecule has 0 aliphatic carbocycles. The van der Waals surface area contributed by atoms with Crippen LogP contribution < -0.4 is 10.6 Å². The van der Waals surface area contributed by atoms with Crippen molar-refractivity contribution in [1.82, 2.24) is 10.2 Å². The fourth-order valence-corrected chi connectivity index (χ4v) is 4.48. The number of carbonyl (C=O) groups excluding carboxylic acids is 3. The number of benzene rings is 3. The van der Waals surface area contributed by atoms with E-state index in [1.54, 1.807) is 27.8 Å². The van der Waals surface area contributed by atoms with Crippen molar-refractivity contribution in [3.63, 3.8) is 0 Å². The largest absolute Gasteiger partial charge is 0.444 e. The quantitative estimate of drug-likeness (QED) is 0.331. The Morgan fingerprint density at radius 1 is 0.923 bits per heavy atom. The molecule has 2 N–H and O–H groups in total. The molecule has 0 aromatic heterocycles. The maximum Gasteiger partial charge on any atom is 0.408 e. The predicted octanol–water partition coefficient (Wildman–Crippen LogP) is 6.48. The normalized spacial score (nSPS) is 13.0. The minimum absolute atomic E-state index is 0.121. The van der Waals surface area contributed by atoms with Crippen LogP contribution in [0.1, 0.15) is 65.1 Å². The topological polar surface area (TPSA) is 87.7 Å². The summed E-state index contributed by atoms with van der Waals surface area (Å²) in [6.07, 6.45) is 0.592. The van der Waals surface area contributed by atoms with Gasteiger partial charge in [-0.25, -0.2) is 4.79 Å². The van der Waals surface area contributed by atoms with Gasteiger partial charge in [0.25, 0.3) is 5.91 Å². The van der Waals surface area contributed by atoms with Gasteiger partial charge in [0.1, 0.15) is 17.7 Å². The summed E-state index contributed by atoms with van der Waals surface area (Å²) < 4.78 is 5.41. The smallest absolute Gasteiger partial charge is 0.408 e. The summed E-state index contributed by atoms with van der Waals surface area (Å²) in [6, 6.07) is 19.6. The van der Waals surface area contributed by atoms with Crippen LogP contribution in [0.25, 0.3) is 10.8 Å². The third kappa shape index (κ3) is 8.31. The van der Waals surface area contributed by atoms with Gasteiger partial charge in [-0.1, -0.05) is 75.4 Å². The maximum atomic E-state index is 13.8. The molecule has 39 heavy (non-hydrogen) atoms. The van der Waals surface area contributed by atoms with E-state index in [-0.39, 0.29) is 17.7 Å². The molecule has 0 radical (unpaired) electrons. The molecule has 208 valence electrons. The van der Waals surface area contributed by atoms with E-state index in [4.69, 9.17) is 4.74 Å². The average Bonchev–Trinajstić information content (AvgIpc) is 2.87. The number of likely N-dealkylation sites (N-methyl/N-ethyl adjacent to an activating group) is 1. The van der Waals surface area contributed by atoms with Gasteiger partial charge in [-0.3, -0.25) is 9.59 Å². The first-order valence-corrected chi connectivity index (χ1v) is 13.5. The molecule has 2 atom stereocenters. The van der Waals surface area contributed by atoms with Crippen LogP contribution in [-0.4, -0.2) is 41.5 Å². The first-order chi connectivity index (χ1) is 18.4. The Kier molecular flexibility index (Phi) is 9.73. The van der Waals surface area contributed by atoms with Crippen LogP contribution in [0, 0.1) is 5.92 Å². The van der Waals surface area contributed by atoms with Crippen molar-refractivity contribution in [2.24, 2.45) is 5.92 Å². The van der Waals surface area contributed by atoms with Crippen LogP contribution in [-0.2, 0) is 20.7 Å². The van der Waals surface area contributed by atoms with E-state index in [9.17, 15) is 14.4 Å². The van der Waals surface area contributed by atoms with Crippen LogP contribution in [0.2, 0.25) is 0 Å². The molecule has 0 aliphatic rings. The van der Waals surface area contributed by atoms with Crippen molar-refractivity contribution in [2.45, 2.75) is 72.1 Å². The number of ether oxygens (including phenoxy) is 1. The monoisotopic (exact) mass is 531 g/mol. The number of alkyl carbamates (subject to hydrolysis) is 1. The van der Waals surface area contributed by atoms with Crippen molar-refractivity contribution in [3.8, 4) is 0 Å². The summed E-state index contributed by atoms with van der Waals surface area (Å²) in [5.41, 5.74) is 1.75. The van der Waals surface area contributed by atoms with Gasteiger partial charge in [0.2, 0.25) is 5.91 Å². The van der Waals surface area contributed by atoms with Crippen molar-refractivity contribution in [2.75, 3.05) is 12.4 Å². The third-order valence-corrected chi connectivity index (χ3v) is 6.40. The molecule has 0 saturated carbocycles. The average molecular weight is 532 g/mol. The van der Waals surface area contributed by atoms with Crippen molar-refractivity contribution in [1.29, 1.82) is 0 Å². The SMILES string of the molecule is CCc1ccc(C(C(=O)Nc2ccc3ccccc3c2)N(C)C(=O)C(CC(C)C)NC(=O)OC(C)(C)C)cc1. The highest BCUT2D eigenvalue weighted by molar-refractivity contribution is 6.00. The van der Waals surface area contributed by atoms with E-state index < -0.39 is 23.8 Å². The molecule has 3 aromatic rings. The fraction of sp³-hybridized carbons (Fsp3) is 0.406. The molecule has 3 aromatic carbocycles. The molecule has 3 rings (SSSR count). The van der Waals surface area contributed by atoms with E-state index in [1.165, 1.54) is 4.90 Å². The molecule has 3 amide bonds. The van der Waals surface area contributed by atoms with Gasteiger partial charge < -0.3 is 20.3 Å². The molecule has 0 aliphatic heterocycles. The second-order valence-electron chi connectivity index (χ2n) is 11.3. The lowest BCUT2D eigenvalue weighted by molar-refractivity contribution is -0.139. The zero-order valence-electron chi connectivity index (χ0n) is 24.1. The number of fused-ring (bicyclic) bond motifs is 1. The van der Waals surface area contributed by atoms with Crippen LogP contribution in [0.3, 0.4) is 0 Å². The zero-order valence-corrected chi connectivity index (χ0v) is 24.1. The third-order valence-electron chi connectivity index (χ3n) is 6.40. The van der Waals surface area contributed by atoms with E-state index in [1.807, 2.05) is 80.6 Å². The highest BCUT2D eigenvalue weighted by atomic mass is 16.6. The van der Waals surface area contributed by atoms with Gasteiger partial charge in [-0.2, -0.15) is 0 Å². The summed E-state index contributed by atoms with van der Waals surface area (Å²) in [5.74, 6) is -0.588. The van der Waals surface area contributed by atoms with Crippen molar-refractivity contribution >= 4 is 34.4 Å². The maximum absolute atomic E-state index is 13.8. The molecular weight excluding hydrogens is 490 g/mol. The summed E-state index contributed by atoms with van der Waals surface area (Å²) >= 11 is 0. The molecule has 0 saturated heterocycles. The number of aryl methyl sites for hydroxylation is 1. The Morgan fingerprint density at radius 3 is 2.15 bits per heavy atom. The predicted molar refractivity (Wildman–Crippen MR) is 157 cm³/mol. The van der Waals surface area contributed by atoms with Gasteiger partial charge in [0.05, 0.1) is 0 Å². The number of nitrogens with zero attached hydrogens (tertiary/aromatic N) is 1. The number of hydrogen-bond acceptors (Lipinski definition) is 4. The van der Waals surface area contributed by atoms with Crippen LogP contribution >= 0.6 is 0 Å². The number of hydrogen-bond donors (Lipinski definition) is 2. The molecule has 0 bridgehead atoms. The van der Waals surface area contributed by atoms with Crippen LogP contribution in [0.4, 0.5) is 10.5 Å². The summed E-state index contributed by atoms with van der Waals surface area (Å²) in [6.45, 7) is 11.3. The lowest BCUT2D eigenvalue weighted by Gasteiger charge is -2.32. The lowest BCUT2D eigenvalue weighted by Crippen LogP contribution is -2.51. The van der Waals surface area contributed by atoms with Crippen molar-refractivity contribution < 1.29 is 19.1 Å². The molecule has 2 unspecified atom stereocenters. The standard InChI is InChI=1S/C32H41N3O4/c1-8-22-13-15-24(16-14-22)28(29(36)33-26-18-17-23-11-9-10-12-25(23)20-26)35(7)30(37)27(19-21(2)3)34-31(38)39-32(4,5)6/h9-18,20-21,27-28H,8,19H2,1-7H3,(H,33,36)(H,34,38). The minimum atomic E-state index is -0.912. The Hall–Kier alpha value is -3.87. The molecule has 0 fully saturated rings. The number of rotatable bonds is 9. The first-order valence-electron chi connectivity index (χ1n) is 13.5. The van der Waals surface area contributed by atoms with Gasteiger partial charge in [0, 0.05) is 12.7 Å². The second-order valence-corrected chi connectivity index (χ2v) is 11.3. The van der Waals surface area contributed by atoms with Gasteiger partial charge in [-0.15, -0.1) is 0 Å². The Labute approximate surface area is 231 Å².